The van der Waals surface area contributed by atoms with E-state index in [1.54, 1.807) is 6.21 Å². The molecule has 0 saturated heterocycles. The van der Waals surface area contributed by atoms with Crippen molar-refractivity contribution < 1.29 is 4.57 Å². The van der Waals surface area contributed by atoms with Crippen LogP contribution in [0.3, 0.4) is 0 Å². The van der Waals surface area contributed by atoms with Crippen molar-refractivity contribution in [2.24, 2.45) is 28.7 Å². The van der Waals surface area contributed by atoms with Crippen LogP contribution in [0.4, 0.5) is 0 Å². The van der Waals surface area contributed by atoms with Crippen LogP contribution in [0.5, 0.6) is 0 Å². The van der Waals surface area contributed by atoms with Crippen LogP contribution >= 0.6 is 0 Å². The van der Waals surface area contributed by atoms with Gasteiger partial charge in [-0.1, -0.05) is 18.2 Å². The number of nitrogens with two attached hydrogens (primary N) is 2. The zero-order valence-corrected chi connectivity index (χ0v) is 13.1. The summed E-state index contributed by atoms with van der Waals surface area (Å²) < 4.78 is 4.38. The lowest BCUT2D eigenvalue weighted by Gasteiger charge is -1.99. The Morgan fingerprint density at radius 2 is 1.87 bits per heavy atom. The van der Waals surface area contributed by atoms with E-state index < -0.39 is 0 Å². The number of rotatable bonds is 3. The van der Waals surface area contributed by atoms with E-state index in [1.807, 2.05) is 24.3 Å². The standard InChI is InChI=1S/C17H19N6/c1-12-16(22(2)15-5-3-4-10-23(12)15)14-8-6-13(7-9-14)11-20-21-17(18)19/h3-11H,1-2H3,(H4,18,19,21)/q+1/b20-11+. The van der Waals surface area contributed by atoms with Crippen LogP contribution in [0.1, 0.15) is 11.3 Å². The first-order valence-electron chi connectivity index (χ1n) is 7.26. The van der Waals surface area contributed by atoms with E-state index in [0.717, 1.165) is 16.8 Å². The molecule has 0 radical (unpaired) electrons. The van der Waals surface area contributed by atoms with Gasteiger partial charge in [-0.3, -0.25) is 0 Å². The molecule has 4 N–H and O–H groups in total. The Labute approximate surface area is 134 Å². The fraction of sp³-hybridized carbons (Fsp3) is 0.118. The summed E-state index contributed by atoms with van der Waals surface area (Å²) in [6.45, 7) is 2.12. The number of benzene rings is 1. The Bertz CT molecular complexity index is 860. The fourth-order valence-corrected chi connectivity index (χ4v) is 2.75. The van der Waals surface area contributed by atoms with Crippen molar-refractivity contribution in [1.29, 1.82) is 0 Å². The predicted molar refractivity (Wildman–Crippen MR) is 92.1 cm³/mol. The van der Waals surface area contributed by atoms with E-state index in [0.29, 0.717) is 0 Å². The first kappa shape index (κ1) is 14.8. The topological polar surface area (TPSA) is 85.0 Å². The van der Waals surface area contributed by atoms with Gasteiger partial charge in [0.15, 0.2) is 11.4 Å². The van der Waals surface area contributed by atoms with Crippen molar-refractivity contribution in [3.8, 4) is 11.3 Å². The minimum Gasteiger partial charge on any atom is -0.369 e. The zero-order valence-electron chi connectivity index (χ0n) is 13.1. The summed E-state index contributed by atoms with van der Waals surface area (Å²) in [4.78, 5) is 0. The molecule has 3 rings (SSSR count). The van der Waals surface area contributed by atoms with Crippen LogP contribution in [0.25, 0.3) is 16.9 Å². The normalized spacial score (nSPS) is 11.2. The van der Waals surface area contributed by atoms with Gasteiger partial charge in [0.05, 0.1) is 19.5 Å². The average molecular weight is 307 g/mol. The maximum absolute atomic E-state index is 5.24. The molecule has 0 unspecified atom stereocenters. The van der Waals surface area contributed by atoms with E-state index >= 15 is 0 Å². The van der Waals surface area contributed by atoms with E-state index in [1.165, 1.54) is 11.4 Å². The van der Waals surface area contributed by atoms with Crippen molar-refractivity contribution in [1.82, 2.24) is 4.40 Å². The summed E-state index contributed by atoms with van der Waals surface area (Å²) in [6.07, 6.45) is 3.69. The number of hydrogen-bond acceptors (Lipinski definition) is 2. The number of nitrogens with zero attached hydrogens (tertiary/aromatic N) is 4. The summed E-state index contributed by atoms with van der Waals surface area (Å²) in [5.74, 6) is -0.0546. The van der Waals surface area contributed by atoms with Gasteiger partial charge in [0.1, 0.15) is 0 Å². The summed E-state index contributed by atoms with van der Waals surface area (Å²) in [5, 5.41) is 7.41. The summed E-state index contributed by atoms with van der Waals surface area (Å²) in [6, 6.07) is 14.3. The number of guanidine groups is 1. The van der Waals surface area contributed by atoms with Crippen LogP contribution in [0.2, 0.25) is 0 Å². The van der Waals surface area contributed by atoms with Crippen LogP contribution in [-0.2, 0) is 7.05 Å². The molecule has 0 bridgehead atoms. The first-order chi connectivity index (χ1) is 11.1. The molecule has 0 amide bonds. The Hall–Kier alpha value is -3.15. The monoisotopic (exact) mass is 307 g/mol. The molecule has 0 spiro atoms. The van der Waals surface area contributed by atoms with Crippen LogP contribution < -0.4 is 16.0 Å². The maximum atomic E-state index is 5.24. The van der Waals surface area contributed by atoms with Crippen LogP contribution in [0.15, 0.2) is 58.9 Å². The van der Waals surface area contributed by atoms with Gasteiger partial charge in [-0.2, -0.15) is 9.50 Å². The van der Waals surface area contributed by atoms with E-state index in [2.05, 4.69) is 57.5 Å². The Morgan fingerprint density at radius 3 is 2.52 bits per heavy atom. The molecule has 0 fully saturated rings. The smallest absolute Gasteiger partial charge is 0.286 e. The molecule has 1 aromatic carbocycles. The minimum atomic E-state index is -0.0546. The third-order valence-electron chi connectivity index (χ3n) is 3.79. The SMILES string of the molecule is Cc1c(-c2ccc(/C=N/N=C(N)N)cc2)[n+](C)c2ccccn12. The summed E-state index contributed by atoms with van der Waals surface area (Å²) >= 11 is 0. The lowest BCUT2D eigenvalue weighted by molar-refractivity contribution is -0.633. The zero-order chi connectivity index (χ0) is 16.4. The third kappa shape index (κ3) is 2.78. The molecule has 3 aromatic rings. The molecule has 0 aliphatic carbocycles. The largest absolute Gasteiger partial charge is 0.369 e. The second kappa shape index (κ2) is 5.92. The van der Waals surface area contributed by atoms with E-state index in [-0.39, 0.29) is 5.96 Å². The van der Waals surface area contributed by atoms with Gasteiger partial charge in [0.2, 0.25) is 5.96 Å². The fourth-order valence-electron chi connectivity index (χ4n) is 2.75. The number of aryl methyl sites for hydroxylation is 2. The molecule has 0 atom stereocenters. The molecule has 116 valence electrons. The molecule has 2 aromatic heterocycles. The molecular formula is C17H19N6+. The summed E-state index contributed by atoms with van der Waals surface area (Å²) in [5.41, 5.74) is 16.1. The van der Waals surface area contributed by atoms with Gasteiger partial charge in [0, 0.05) is 18.6 Å². The highest BCUT2D eigenvalue weighted by Crippen LogP contribution is 2.22. The molecule has 0 aliphatic heterocycles. The number of pyridine rings is 1. The van der Waals surface area contributed by atoms with E-state index in [4.69, 9.17) is 11.5 Å². The molecule has 23 heavy (non-hydrogen) atoms. The quantitative estimate of drug-likeness (QED) is 0.331. The van der Waals surface area contributed by atoms with E-state index in [9.17, 15) is 0 Å². The van der Waals surface area contributed by atoms with Crippen molar-refractivity contribution in [3.63, 3.8) is 0 Å². The molecular weight excluding hydrogens is 288 g/mol. The number of imidazole rings is 1. The van der Waals surface area contributed by atoms with Crippen molar-refractivity contribution in [3.05, 3.63) is 59.9 Å². The summed E-state index contributed by atoms with van der Waals surface area (Å²) in [7, 11) is 2.08. The average Bonchev–Trinajstić information content (AvgIpc) is 2.80. The number of fused-ring (bicyclic) bond motifs is 1. The van der Waals surface area contributed by atoms with Crippen LogP contribution in [0, 0.1) is 6.92 Å². The predicted octanol–water partition coefficient (Wildman–Crippen LogP) is 1.35. The molecule has 6 heteroatoms. The van der Waals surface area contributed by atoms with Gasteiger partial charge in [0.25, 0.3) is 5.65 Å². The van der Waals surface area contributed by atoms with Gasteiger partial charge in [-0.05, 0) is 23.8 Å². The highest BCUT2D eigenvalue weighted by Gasteiger charge is 2.20. The molecule has 6 nitrogen and oxygen atoms in total. The lowest BCUT2D eigenvalue weighted by atomic mass is 10.1. The van der Waals surface area contributed by atoms with Crippen molar-refractivity contribution in [2.45, 2.75) is 6.92 Å². The molecule has 2 heterocycles. The minimum absolute atomic E-state index is 0.0546. The Balaban J connectivity index is 2.00. The first-order valence-corrected chi connectivity index (χ1v) is 7.26. The Morgan fingerprint density at radius 1 is 1.13 bits per heavy atom. The third-order valence-corrected chi connectivity index (χ3v) is 3.79. The van der Waals surface area contributed by atoms with Gasteiger partial charge in [-0.15, -0.1) is 5.10 Å². The highest BCUT2D eigenvalue weighted by molar-refractivity contribution is 5.82. The Kier molecular flexibility index (Phi) is 3.80. The lowest BCUT2D eigenvalue weighted by Crippen LogP contribution is -2.29. The molecule has 0 aliphatic rings. The van der Waals surface area contributed by atoms with Gasteiger partial charge < -0.3 is 11.5 Å². The second-order valence-corrected chi connectivity index (χ2v) is 5.31. The highest BCUT2D eigenvalue weighted by atomic mass is 15.3. The van der Waals surface area contributed by atoms with Crippen LogP contribution in [-0.4, -0.2) is 16.6 Å². The number of hydrogen-bond donors (Lipinski definition) is 2. The maximum Gasteiger partial charge on any atom is 0.286 e. The van der Waals surface area contributed by atoms with Gasteiger partial charge >= 0.3 is 0 Å². The van der Waals surface area contributed by atoms with Crippen molar-refractivity contribution >= 4 is 17.8 Å². The number of aromatic nitrogens is 2. The van der Waals surface area contributed by atoms with Crippen molar-refractivity contribution in [2.75, 3.05) is 0 Å². The van der Waals surface area contributed by atoms with Gasteiger partial charge in [-0.25, -0.2) is 4.57 Å². The molecule has 0 saturated carbocycles. The second-order valence-electron chi connectivity index (χ2n) is 5.31.